The van der Waals surface area contributed by atoms with Crippen LogP contribution < -0.4 is 5.32 Å². The van der Waals surface area contributed by atoms with Crippen molar-refractivity contribution in [1.29, 1.82) is 0 Å². The van der Waals surface area contributed by atoms with Crippen LogP contribution in [0.25, 0.3) is 6.08 Å². The summed E-state index contributed by atoms with van der Waals surface area (Å²) in [6.07, 6.45) is 1.75. The van der Waals surface area contributed by atoms with Crippen LogP contribution in [0.2, 0.25) is 0 Å². The van der Waals surface area contributed by atoms with Gasteiger partial charge in [0, 0.05) is 17.8 Å². The molecule has 0 spiro atoms. The number of anilines is 1. The molecule has 1 saturated heterocycles. The molecule has 0 amide bonds. The van der Waals surface area contributed by atoms with E-state index in [-0.39, 0.29) is 18.1 Å². The number of rotatable bonds is 6. The summed E-state index contributed by atoms with van der Waals surface area (Å²) in [6.45, 7) is 1.86. The first-order valence-electron chi connectivity index (χ1n) is 8.65. The Morgan fingerprint density at radius 1 is 1.21 bits per heavy atom. The second kappa shape index (κ2) is 8.71. The van der Waals surface area contributed by atoms with E-state index >= 15 is 0 Å². The molecule has 2 aromatic carbocycles. The van der Waals surface area contributed by atoms with E-state index in [9.17, 15) is 19.7 Å². The van der Waals surface area contributed by atoms with Gasteiger partial charge in [-0.2, -0.15) is 0 Å². The molecular weight excluding hydrogens is 380 g/mol. The lowest BCUT2D eigenvalue weighted by molar-refractivity contribution is -0.384. The van der Waals surface area contributed by atoms with Crippen molar-refractivity contribution < 1.29 is 19.2 Å². The van der Waals surface area contributed by atoms with Gasteiger partial charge in [0.15, 0.2) is 11.7 Å². The molecule has 0 aliphatic carbocycles. The molecule has 1 aliphatic heterocycles. The Balaban J connectivity index is 1.86. The number of nitro groups is 1. The molecule has 28 heavy (non-hydrogen) atoms. The van der Waals surface area contributed by atoms with Gasteiger partial charge < -0.3 is 10.1 Å². The fourth-order valence-corrected chi connectivity index (χ4v) is 4.07. The molecule has 1 N–H and O–H groups in total. The maximum absolute atomic E-state index is 12.9. The standard InChI is InChI=1S/C20H18N2O5S/c1-2-27-20(24)17-18(23)16(12-13-6-4-3-5-7-13)28-19(17)21-14-8-10-15(11-9-14)22(25)26/h3-12,17,19,21H,2H2,1H3/b16-12-. The maximum atomic E-state index is 12.9. The number of Topliss-reactive ketones (excluding diaryl/α,β-unsaturated/α-hetero) is 1. The predicted octanol–water partition coefficient (Wildman–Crippen LogP) is 3.87. The van der Waals surface area contributed by atoms with Gasteiger partial charge in [-0.15, -0.1) is 0 Å². The molecule has 2 atom stereocenters. The van der Waals surface area contributed by atoms with Crippen molar-refractivity contribution in [3.8, 4) is 0 Å². The zero-order valence-electron chi connectivity index (χ0n) is 15.0. The van der Waals surface area contributed by atoms with Gasteiger partial charge in [0.2, 0.25) is 0 Å². The van der Waals surface area contributed by atoms with Crippen molar-refractivity contribution in [2.24, 2.45) is 5.92 Å². The Hall–Kier alpha value is -3.13. The highest BCUT2D eigenvalue weighted by Gasteiger charge is 2.45. The third-order valence-corrected chi connectivity index (χ3v) is 5.32. The number of ether oxygens (including phenoxy) is 1. The van der Waals surface area contributed by atoms with Gasteiger partial charge in [-0.25, -0.2) is 0 Å². The van der Waals surface area contributed by atoms with Crippen LogP contribution in [0, 0.1) is 16.0 Å². The van der Waals surface area contributed by atoms with Crippen LogP contribution in [-0.4, -0.2) is 28.7 Å². The Kier molecular flexibility index (Phi) is 6.10. The Labute approximate surface area is 165 Å². The molecule has 0 bridgehead atoms. The summed E-state index contributed by atoms with van der Waals surface area (Å²) in [4.78, 5) is 36.0. The monoisotopic (exact) mass is 398 g/mol. The topological polar surface area (TPSA) is 98.5 Å². The van der Waals surface area contributed by atoms with Gasteiger partial charge in [0.05, 0.1) is 21.8 Å². The summed E-state index contributed by atoms with van der Waals surface area (Å²) < 4.78 is 5.08. The number of carbonyl (C=O) groups excluding carboxylic acids is 2. The number of benzene rings is 2. The molecule has 1 aliphatic rings. The van der Waals surface area contributed by atoms with Crippen LogP contribution >= 0.6 is 11.8 Å². The van der Waals surface area contributed by atoms with Crippen LogP contribution in [0.3, 0.4) is 0 Å². The number of ketones is 1. The van der Waals surface area contributed by atoms with Gasteiger partial charge in [0.25, 0.3) is 5.69 Å². The fourth-order valence-electron chi connectivity index (χ4n) is 2.78. The van der Waals surface area contributed by atoms with Crippen LogP contribution in [0.5, 0.6) is 0 Å². The SMILES string of the molecule is CCOC(=O)C1C(=O)/C(=C/c2ccccc2)SC1Nc1ccc([N+](=O)[O-])cc1. The number of thioether (sulfide) groups is 1. The molecule has 0 saturated carbocycles. The van der Waals surface area contributed by atoms with Crippen LogP contribution in [0.15, 0.2) is 59.5 Å². The van der Waals surface area contributed by atoms with Gasteiger partial charge in [-0.05, 0) is 30.7 Å². The van der Waals surface area contributed by atoms with Crippen LogP contribution in [-0.2, 0) is 14.3 Å². The molecule has 8 heteroatoms. The normalized spacial score (nSPS) is 20.2. The Bertz CT molecular complexity index is 912. The average molecular weight is 398 g/mol. The number of nitrogens with zero attached hydrogens (tertiary/aromatic N) is 1. The molecule has 144 valence electrons. The molecular formula is C20H18N2O5S. The fraction of sp³-hybridized carbons (Fsp3) is 0.200. The molecule has 2 aromatic rings. The number of hydrogen-bond donors (Lipinski definition) is 1. The number of nitro benzene ring substituents is 1. The maximum Gasteiger partial charge on any atom is 0.319 e. The number of carbonyl (C=O) groups is 2. The summed E-state index contributed by atoms with van der Waals surface area (Å²) in [7, 11) is 0. The smallest absolute Gasteiger partial charge is 0.319 e. The van der Waals surface area contributed by atoms with E-state index in [0.717, 1.165) is 5.56 Å². The summed E-state index contributed by atoms with van der Waals surface area (Å²) >= 11 is 1.25. The molecule has 0 radical (unpaired) electrons. The van der Waals surface area contributed by atoms with Crippen molar-refractivity contribution in [2.45, 2.75) is 12.3 Å². The largest absolute Gasteiger partial charge is 0.465 e. The van der Waals surface area contributed by atoms with Crippen molar-refractivity contribution in [1.82, 2.24) is 0 Å². The van der Waals surface area contributed by atoms with Crippen molar-refractivity contribution in [3.05, 3.63) is 75.2 Å². The molecule has 7 nitrogen and oxygen atoms in total. The summed E-state index contributed by atoms with van der Waals surface area (Å²) in [6, 6.07) is 15.2. The highest BCUT2D eigenvalue weighted by molar-refractivity contribution is 8.05. The van der Waals surface area contributed by atoms with E-state index in [0.29, 0.717) is 10.6 Å². The summed E-state index contributed by atoms with van der Waals surface area (Å²) in [5.74, 6) is -1.88. The van der Waals surface area contributed by atoms with E-state index in [2.05, 4.69) is 5.32 Å². The van der Waals surface area contributed by atoms with Gasteiger partial charge in [-0.3, -0.25) is 19.7 Å². The summed E-state index contributed by atoms with van der Waals surface area (Å²) in [5.41, 5.74) is 1.40. The van der Waals surface area contributed by atoms with E-state index in [1.54, 1.807) is 25.1 Å². The first kappa shape index (κ1) is 19.6. The molecule has 0 aromatic heterocycles. The lowest BCUT2D eigenvalue weighted by Gasteiger charge is -2.18. The second-order valence-corrected chi connectivity index (χ2v) is 7.18. The Morgan fingerprint density at radius 3 is 2.50 bits per heavy atom. The van der Waals surface area contributed by atoms with E-state index in [1.807, 2.05) is 30.3 Å². The first-order chi connectivity index (χ1) is 13.5. The highest BCUT2D eigenvalue weighted by Crippen LogP contribution is 2.41. The summed E-state index contributed by atoms with van der Waals surface area (Å²) in [5, 5.41) is 13.4. The zero-order chi connectivity index (χ0) is 20.1. The van der Waals surface area contributed by atoms with Gasteiger partial charge >= 0.3 is 5.97 Å². The molecule has 3 rings (SSSR count). The average Bonchev–Trinajstić information content (AvgIpc) is 2.98. The van der Waals surface area contributed by atoms with E-state index in [1.165, 1.54) is 23.9 Å². The third-order valence-electron chi connectivity index (χ3n) is 4.11. The first-order valence-corrected chi connectivity index (χ1v) is 9.53. The molecule has 1 heterocycles. The Morgan fingerprint density at radius 2 is 1.89 bits per heavy atom. The number of allylic oxidation sites excluding steroid dienone is 1. The predicted molar refractivity (Wildman–Crippen MR) is 108 cm³/mol. The lowest BCUT2D eigenvalue weighted by Crippen LogP contribution is -2.34. The number of nitrogens with one attached hydrogen (secondary N) is 1. The molecule has 2 unspecified atom stereocenters. The van der Waals surface area contributed by atoms with Crippen LogP contribution in [0.1, 0.15) is 12.5 Å². The number of non-ortho nitro benzene ring substituents is 1. The minimum atomic E-state index is -0.991. The quantitative estimate of drug-likeness (QED) is 0.259. The van der Waals surface area contributed by atoms with E-state index in [4.69, 9.17) is 4.74 Å². The number of hydrogen-bond acceptors (Lipinski definition) is 7. The molecule has 1 fully saturated rings. The second-order valence-electron chi connectivity index (χ2n) is 6.00. The van der Waals surface area contributed by atoms with Crippen molar-refractivity contribution in [2.75, 3.05) is 11.9 Å². The van der Waals surface area contributed by atoms with E-state index < -0.39 is 22.2 Å². The minimum Gasteiger partial charge on any atom is -0.465 e. The minimum absolute atomic E-state index is 0.0349. The lowest BCUT2D eigenvalue weighted by atomic mass is 10.0. The van der Waals surface area contributed by atoms with Crippen molar-refractivity contribution >= 4 is 41.0 Å². The highest BCUT2D eigenvalue weighted by atomic mass is 32.2. The number of esters is 1. The zero-order valence-corrected chi connectivity index (χ0v) is 15.8. The van der Waals surface area contributed by atoms with Gasteiger partial charge in [0.1, 0.15) is 0 Å². The van der Waals surface area contributed by atoms with Crippen LogP contribution in [0.4, 0.5) is 11.4 Å². The van der Waals surface area contributed by atoms with Gasteiger partial charge in [-0.1, -0.05) is 42.1 Å². The third kappa shape index (κ3) is 4.40. The van der Waals surface area contributed by atoms with Crippen molar-refractivity contribution in [3.63, 3.8) is 0 Å².